The Morgan fingerprint density at radius 1 is 1.55 bits per heavy atom. The lowest BCUT2D eigenvalue weighted by Gasteiger charge is -2.14. The van der Waals surface area contributed by atoms with Crippen LogP contribution in [0.5, 0.6) is 5.75 Å². The average molecular weight is 311 g/mol. The van der Waals surface area contributed by atoms with Gasteiger partial charge < -0.3 is 9.30 Å². The molecular weight excluding hydrogens is 292 g/mol. The molecule has 0 aliphatic carbocycles. The maximum atomic E-state index is 6.33. The van der Waals surface area contributed by atoms with Crippen molar-refractivity contribution < 1.29 is 4.74 Å². The van der Waals surface area contributed by atoms with Crippen LogP contribution < -0.4 is 4.74 Å². The van der Waals surface area contributed by atoms with E-state index in [0.717, 1.165) is 35.1 Å². The molecule has 5 heteroatoms. The van der Waals surface area contributed by atoms with Crippen LogP contribution in [0, 0.1) is 5.92 Å². The van der Waals surface area contributed by atoms with Gasteiger partial charge in [-0.1, -0.05) is 6.07 Å². The van der Waals surface area contributed by atoms with Gasteiger partial charge >= 0.3 is 0 Å². The van der Waals surface area contributed by atoms with Crippen LogP contribution in [-0.2, 0) is 6.54 Å². The van der Waals surface area contributed by atoms with Crippen LogP contribution >= 0.6 is 23.4 Å². The summed E-state index contributed by atoms with van der Waals surface area (Å²) in [4.78, 5) is 4.72. The highest BCUT2D eigenvalue weighted by molar-refractivity contribution is 7.99. The maximum absolute atomic E-state index is 6.33. The molecule has 108 valence electrons. The molecule has 2 heterocycles. The summed E-state index contributed by atoms with van der Waals surface area (Å²) in [5, 5.41) is -0.0961. The van der Waals surface area contributed by atoms with Gasteiger partial charge in [-0.25, -0.2) is 4.98 Å². The molecule has 1 aliphatic rings. The summed E-state index contributed by atoms with van der Waals surface area (Å²) in [6, 6.07) is 6.08. The lowest BCUT2D eigenvalue weighted by Crippen LogP contribution is -2.13. The van der Waals surface area contributed by atoms with E-state index in [2.05, 4.69) is 10.6 Å². The van der Waals surface area contributed by atoms with Crippen molar-refractivity contribution in [3.63, 3.8) is 0 Å². The second-order valence-corrected chi connectivity index (χ2v) is 7.06. The van der Waals surface area contributed by atoms with Gasteiger partial charge in [0.05, 0.1) is 18.0 Å². The summed E-state index contributed by atoms with van der Waals surface area (Å²) in [6.45, 7) is 2.98. The van der Waals surface area contributed by atoms with Crippen molar-refractivity contribution in [3.8, 4) is 5.75 Å². The monoisotopic (exact) mass is 310 g/mol. The summed E-state index contributed by atoms with van der Waals surface area (Å²) in [7, 11) is 1.69. The number of methoxy groups -OCH3 is 1. The summed E-state index contributed by atoms with van der Waals surface area (Å²) in [5.41, 5.74) is 2.05. The smallest absolute Gasteiger partial charge is 0.146 e. The SMILES string of the molecule is COc1cccc2c1nc(C(C)Cl)n2CC1CCSC1. The van der Waals surface area contributed by atoms with Gasteiger partial charge in [0.1, 0.15) is 17.1 Å². The van der Waals surface area contributed by atoms with Gasteiger partial charge in [0.2, 0.25) is 0 Å². The number of halogens is 1. The third kappa shape index (κ3) is 2.51. The minimum Gasteiger partial charge on any atom is -0.494 e. The highest BCUT2D eigenvalue weighted by atomic mass is 35.5. The Labute approximate surface area is 128 Å². The molecular formula is C15H19ClN2OS. The van der Waals surface area contributed by atoms with Crippen molar-refractivity contribution in [2.24, 2.45) is 5.92 Å². The Balaban J connectivity index is 2.08. The number of para-hydroxylation sites is 1. The lowest BCUT2D eigenvalue weighted by molar-refractivity contribution is 0.419. The van der Waals surface area contributed by atoms with Crippen molar-refractivity contribution in [1.29, 1.82) is 0 Å². The van der Waals surface area contributed by atoms with Crippen molar-refractivity contribution >= 4 is 34.4 Å². The van der Waals surface area contributed by atoms with E-state index in [1.165, 1.54) is 17.9 Å². The van der Waals surface area contributed by atoms with E-state index in [4.69, 9.17) is 21.3 Å². The molecule has 0 saturated carbocycles. The van der Waals surface area contributed by atoms with Crippen LogP contribution in [0.25, 0.3) is 11.0 Å². The zero-order valence-corrected chi connectivity index (χ0v) is 13.4. The van der Waals surface area contributed by atoms with Gasteiger partial charge in [0.25, 0.3) is 0 Å². The van der Waals surface area contributed by atoms with Gasteiger partial charge in [-0.2, -0.15) is 11.8 Å². The Bertz CT molecular complexity index is 605. The van der Waals surface area contributed by atoms with Crippen molar-refractivity contribution in [3.05, 3.63) is 24.0 Å². The first kappa shape index (κ1) is 14.1. The maximum Gasteiger partial charge on any atom is 0.146 e. The van der Waals surface area contributed by atoms with Crippen molar-refractivity contribution in [2.75, 3.05) is 18.6 Å². The molecule has 1 aliphatic heterocycles. The number of ether oxygens (including phenoxy) is 1. The molecule has 3 rings (SSSR count). The molecule has 0 spiro atoms. The number of fused-ring (bicyclic) bond motifs is 1. The minimum atomic E-state index is -0.0961. The number of aromatic nitrogens is 2. The van der Waals surface area contributed by atoms with Gasteiger partial charge in [0, 0.05) is 6.54 Å². The number of rotatable bonds is 4. The molecule has 0 bridgehead atoms. The van der Waals surface area contributed by atoms with Crippen LogP contribution in [-0.4, -0.2) is 28.2 Å². The molecule has 2 atom stereocenters. The molecule has 1 saturated heterocycles. The zero-order valence-electron chi connectivity index (χ0n) is 11.8. The molecule has 3 nitrogen and oxygen atoms in total. The Morgan fingerprint density at radius 2 is 2.40 bits per heavy atom. The Morgan fingerprint density at radius 3 is 3.05 bits per heavy atom. The first-order valence-corrected chi connectivity index (χ1v) is 8.54. The fraction of sp³-hybridized carbons (Fsp3) is 0.533. The normalized spacial score (nSPS) is 20.4. The van der Waals surface area contributed by atoms with Crippen LogP contribution in [0.3, 0.4) is 0 Å². The topological polar surface area (TPSA) is 27.1 Å². The summed E-state index contributed by atoms with van der Waals surface area (Å²) in [5.74, 6) is 4.99. The van der Waals surface area contributed by atoms with E-state index in [1.54, 1.807) is 7.11 Å². The molecule has 1 fully saturated rings. The number of hydrogen-bond acceptors (Lipinski definition) is 3. The number of imidazole rings is 1. The van der Waals surface area contributed by atoms with Gasteiger partial charge in [-0.05, 0) is 42.9 Å². The fourth-order valence-corrected chi connectivity index (χ4v) is 4.22. The second-order valence-electron chi connectivity index (χ2n) is 5.25. The molecule has 0 N–H and O–H groups in total. The Kier molecular flexibility index (Phi) is 4.13. The van der Waals surface area contributed by atoms with Gasteiger partial charge in [-0.15, -0.1) is 11.6 Å². The van der Waals surface area contributed by atoms with E-state index < -0.39 is 0 Å². The average Bonchev–Trinajstić information content (AvgIpc) is 3.07. The second kappa shape index (κ2) is 5.86. The summed E-state index contributed by atoms with van der Waals surface area (Å²) >= 11 is 8.37. The summed E-state index contributed by atoms with van der Waals surface area (Å²) in [6.07, 6.45) is 1.28. The quantitative estimate of drug-likeness (QED) is 0.796. The lowest BCUT2D eigenvalue weighted by atomic mass is 10.1. The van der Waals surface area contributed by atoms with E-state index in [-0.39, 0.29) is 5.38 Å². The van der Waals surface area contributed by atoms with E-state index in [0.29, 0.717) is 0 Å². The van der Waals surface area contributed by atoms with Gasteiger partial charge in [-0.3, -0.25) is 0 Å². The van der Waals surface area contributed by atoms with E-state index in [1.807, 2.05) is 30.8 Å². The highest BCUT2D eigenvalue weighted by Crippen LogP contribution is 2.33. The third-order valence-electron chi connectivity index (χ3n) is 3.81. The predicted molar refractivity (Wildman–Crippen MR) is 86.0 cm³/mol. The largest absolute Gasteiger partial charge is 0.494 e. The van der Waals surface area contributed by atoms with Crippen LogP contribution in [0.15, 0.2) is 18.2 Å². The van der Waals surface area contributed by atoms with Crippen LogP contribution in [0.2, 0.25) is 0 Å². The minimum absolute atomic E-state index is 0.0961. The molecule has 2 aromatic rings. The van der Waals surface area contributed by atoms with Gasteiger partial charge in [0.15, 0.2) is 0 Å². The molecule has 20 heavy (non-hydrogen) atoms. The Hall–Kier alpha value is -0.870. The number of nitrogens with zero attached hydrogens (tertiary/aromatic N) is 2. The fourth-order valence-electron chi connectivity index (χ4n) is 2.79. The number of hydrogen-bond donors (Lipinski definition) is 0. The third-order valence-corrected chi connectivity index (χ3v) is 5.24. The van der Waals surface area contributed by atoms with Crippen molar-refractivity contribution in [2.45, 2.75) is 25.3 Å². The van der Waals surface area contributed by atoms with Crippen molar-refractivity contribution in [1.82, 2.24) is 9.55 Å². The molecule has 0 amide bonds. The first-order chi connectivity index (χ1) is 9.70. The highest BCUT2D eigenvalue weighted by Gasteiger charge is 2.22. The standard InChI is InChI=1S/C15H19ClN2OS/c1-10(16)15-17-14-12(4-3-5-13(14)19-2)18(15)8-11-6-7-20-9-11/h3-5,10-11H,6-9H2,1-2H3. The summed E-state index contributed by atoms with van der Waals surface area (Å²) < 4.78 is 7.71. The predicted octanol–water partition coefficient (Wildman–Crippen LogP) is 4.10. The molecule has 1 aromatic carbocycles. The molecule has 2 unspecified atom stereocenters. The van der Waals surface area contributed by atoms with E-state index >= 15 is 0 Å². The molecule has 0 radical (unpaired) electrons. The molecule has 1 aromatic heterocycles. The number of thioether (sulfide) groups is 1. The number of benzene rings is 1. The van der Waals surface area contributed by atoms with Crippen LogP contribution in [0.4, 0.5) is 0 Å². The van der Waals surface area contributed by atoms with E-state index in [9.17, 15) is 0 Å². The number of alkyl halides is 1. The first-order valence-electron chi connectivity index (χ1n) is 6.95. The zero-order chi connectivity index (χ0) is 14.1. The van der Waals surface area contributed by atoms with Crippen LogP contribution in [0.1, 0.15) is 24.5 Å².